The molecule has 0 fully saturated rings. The number of allylic oxidation sites excluding steroid dienone is 1. The standard InChI is InChI=1S/C25H18N4O3/c30-22(17-9-11-23-21(13-17)27-24(31)16-32-23)10-8-19-15-29(20-6-2-1-3-7-20)28-25(19)18-5-4-12-26-14-18/h1-15H,16H2,(H,27,31)/b10-8+. The molecule has 4 aromatic rings. The van der Waals surface area contributed by atoms with Crippen molar-refractivity contribution in [3.8, 4) is 22.7 Å². The highest BCUT2D eigenvalue weighted by Crippen LogP contribution is 2.29. The molecular weight excluding hydrogens is 404 g/mol. The second-order valence-electron chi connectivity index (χ2n) is 7.20. The third kappa shape index (κ3) is 3.91. The summed E-state index contributed by atoms with van der Waals surface area (Å²) in [6.45, 7) is -0.0251. The first-order valence-corrected chi connectivity index (χ1v) is 10.0. The first-order chi connectivity index (χ1) is 15.7. The molecule has 3 heterocycles. The fourth-order valence-electron chi connectivity index (χ4n) is 3.45. The van der Waals surface area contributed by atoms with Crippen molar-refractivity contribution in [3.05, 3.63) is 96.5 Å². The van der Waals surface area contributed by atoms with Crippen LogP contribution in [-0.2, 0) is 4.79 Å². The van der Waals surface area contributed by atoms with Gasteiger partial charge in [0, 0.05) is 35.3 Å². The monoisotopic (exact) mass is 422 g/mol. The number of nitrogens with zero attached hydrogens (tertiary/aromatic N) is 3. The van der Waals surface area contributed by atoms with Crippen molar-refractivity contribution in [3.63, 3.8) is 0 Å². The molecule has 5 rings (SSSR count). The van der Waals surface area contributed by atoms with E-state index in [1.165, 1.54) is 6.08 Å². The second kappa shape index (κ2) is 8.31. The first kappa shape index (κ1) is 19.4. The number of carbonyl (C=O) groups is 2. The molecule has 32 heavy (non-hydrogen) atoms. The van der Waals surface area contributed by atoms with Crippen LogP contribution in [0.25, 0.3) is 23.0 Å². The van der Waals surface area contributed by atoms with Crippen LogP contribution in [0.15, 0.2) is 85.3 Å². The molecule has 0 spiro atoms. The lowest BCUT2D eigenvalue weighted by atomic mass is 10.1. The molecule has 0 saturated carbocycles. The SMILES string of the molecule is O=C1COc2ccc(C(=O)/C=C/c3cn(-c4ccccc4)nc3-c3cccnc3)cc2N1. The smallest absolute Gasteiger partial charge is 0.262 e. The van der Waals surface area contributed by atoms with Gasteiger partial charge in [-0.05, 0) is 54.6 Å². The van der Waals surface area contributed by atoms with Crippen LogP contribution in [0, 0.1) is 0 Å². The molecule has 7 nitrogen and oxygen atoms in total. The molecule has 2 aromatic heterocycles. The van der Waals surface area contributed by atoms with Gasteiger partial charge in [0.1, 0.15) is 11.4 Å². The number of benzene rings is 2. The van der Waals surface area contributed by atoms with Crippen LogP contribution >= 0.6 is 0 Å². The molecule has 0 aliphatic carbocycles. The molecule has 7 heteroatoms. The van der Waals surface area contributed by atoms with Gasteiger partial charge in [-0.3, -0.25) is 14.6 Å². The maximum atomic E-state index is 12.8. The lowest BCUT2D eigenvalue weighted by Crippen LogP contribution is -2.25. The molecule has 0 atom stereocenters. The highest BCUT2D eigenvalue weighted by Gasteiger charge is 2.17. The summed E-state index contributed by atoms with van der Waals surface area (Å²) in [5.74, 6) is 0.109. The number of amides is 1. The van der Waals surface area contributed by atoms with E-state index in [1.807, 2.05) is 48.7 Å². The predicted molar refractivity (Wildman–Crippen MR) is 121 cm³/mol. The molecule has 0 unspecified atom stereocenters. The summed E-state index contributed by atoms with van der Waals surface area (Å²) in [6, 6.07) is 18.5. The summed E-state index contributed by atoms with van der Waals surface area (Å²) in [4.78, 5) is 28.6. The van der Waals surface area contributed by atoms with Gasteiger partial charge in [0.2, 0.25) is 0 Å². The largest absolute Gasteiger partial charge is 0.482 e. The fourth-order valence-corrected chi connectivity index (χ4v) is 3.45. The van der Waals surface area contributed by atoms with Crippen LogP contribution in [0.2, 0.25) is 0 Å². The van der Waals surface area contributed by atoms with E-state index in [9.17, 15) is 9.59 Å². The van der Waals surface area contributed by atoms with E-state index in [2.05, 4.69) is 10.3 Å². The maximum absolute atomic E-state index is 12.8. The molecule has 1 N–H and O–H groups in total. The molecule has 1 aliphatic rings. The Kier molecular flexibility index (Phi) is 5.05. The van der Waals surface area contributed by atoms with Crippen molar-refractivity contribution in [2.75, 3.05) is 11.9 Å². The van der Waals surface area contributed by atoms with Crippen LogP contribution in [-0.4, -0.2) is 33.1 Å². The number of hydrogen-bond donors (Lipinski definition) is 1. The summed E-state index contributed by atoms with van der Waals surface area (Å²) in [5.41, 5.74) is 4.21. The van der Waals surface area contributed by atoms with Crippen molar-refractivity contribution in [1.29, 1.82) is 0 Å². The lowest BCUT2D eigenvalue weighted by Gasteiger charge is -2.17. The zero-order valence-corrected chi connectivity index (χ0v) is 16.9. The van der Waals surface area contributed by atoms with E-state index in [-0.39, 0.29) is 18.3 Å². The average Bonchev–Trinajstić information content (AvgIpc) is 3.27. The van der Waals surface area contributed by atoms with Gasteiger partial charge in [-0.15, -0.1) is 0 Å². The number of anilines is 1. The number of rotatable bonds is 5. The van der Waals surface area contributed by atoms with Crippen LogP contribution in [0.1, 0.15) is 15.9 Å². The average molecular weight is 422 g/mol. The van der Waals surface area contributed by atoms with E-state index < -0.39 is 0 Å². The highest BCUT2D eigenvalue weighted by atomic mass is 16.5. The first-order valence-electron chi connectivity index (χ1n) is 10.0. The number of hydrogen-bond acceptors (Lipinski definition) is 5. The Balaban J connectivity index is 1.48. The number of pyridine rings is 1. The fraction of sp³-hybridized carbons (Fsp3) is 0.0400. The summed E-state index contributed by atoms with van der Waals surface area (Å²) in [7, 11) is 0. The van der Waals surface area contributed by atoms with E-state index in [4.69, 9.17) is 9.84 Å². The van der Waals surface area contributed by atoms with E-state index in [0.717, 1.165) is 22.5 Å². The molecule has 0 radical (unpaired) electrons. The Morgan fingerprint density at radius 1 is 1.09 bits per heavy atom. The zero-order valence-electron chi connectivity index (χ0n) is 16.9. The quantitative estimate of drug-likeness (QED) is 0.386. The number of carbonyl (C=O) groups excluding carboxylic acids is 2. The number of ether oxygens (including phenoxy) is 1. The summed E-state index contributed by atoms with van der Waals surface area (Å²) in [6.07, 6.45) is 8.56. The maximum Gasteiger partial charge on any atom is 0.262 e. The third-order valence-electron chi connectivity index (χ3n) is 5.01. The molecule has 0 bridgehead atoms. The molecule has 156 valence electrons. The minimum absolute atomic E-state index is 0.0251. The van der Waals surface area contributed by atoms with E-state index in [1.54, 1.807) is 41.4 Å². The number of nitrogens with one attached hydrogen (secondary N) is 1. The van der Waals surface area contributed by atoms with Gasteiger partial charge in [-0.2, -0.15) is 5.10 Å². The van der Waals surface area contributed by atoms with Crippen LogP contribution in [0.3, 0.4) is 0 Å². The molecular formula is C25H18N4O3. The number of aromatic nitrogens is 3. The molecule has 1 amide bonds. The minimum atomic E-state index is -0.243. The Morgan fingerprint density at radius 3 is 2.78 bits per heavy atom. The van der Waals surface area contributed by atoms with Crippen LogP contribution in [0.4, 0.5) is 5.69 Å². The van der Waals surface area contributed by atoms with Gasteiger partial charge in [0.15, 0.2) is 12.4 Å². The summed E-state index contributed by atoms with van der Waals surface area (Å²) >= 11 is 0. The topological polar surface area (TPSA) is 86.1 Å². The van der Waals surface area contributed by atoms with Gasteiger partial charge in [-0.25, -0.2) is 4.68 Å². The van der Waals surface area contributed by atoms with Crippen molar-refractivity contribution >= 4 is 23.5 Å². The van der Waals surface area contributed by atoms with Crippen LogP contribution in [0.5, 0.6) is 5.75 Å². The third-order valence-corrected chi connectivity index (χ3v) is 5.01. The predicted octanol–water partition coefficient (Wildman–Crippen LogP) is 4.16. The summed E-state index contributed by atoms with van der Waals surface area (Å²) < 4.78 is 7.13. The second-order valence-corrected chi connectivity index (χ2v) is 7.20. The molecule has 2 aromatic carbocycles. The molecule has 1 aliphatic heterocycles. The van der Waals surface area contributed by atoms with Crippen molar-refractivity contribution in [1.82, 2.24) is 14.8 Å². The zero-order chi connectivity index (χ0) is 21.9. The van der Waals surface area contributed by atoms with Gasteiger partial charge < -0.3 is 10.1 Å². The Morgan fingerprint density at radius 2 is 1.97 bits per heavy atom. The van der Waals surface area contributed by atoms with Gasteiger partial charge in [0.05, 0.1) is 11.4 Å². The van der Waals surface area contributed by atoms with Gasteiger partial charge in [0.25, 0.3) is 5.91 Å². The normalized spacial score (nSPS) is 12.8. The van der Waals surface area contributed by atoms with Crippen molar-refractivity contribution < 1.29 is 14.3 Å². The Hall–Kier alpha value is -4.52. The lowest BCUT2D eigenvalue weighted by molar-refractivity contribution is -0.118. The molecule has 0 saturated heterocycles. The van der Waals surface area contributed by atoms with Crippen molar-refractivity contribution in [2.24, 2.45) is 0 Å². The van der Waals surface area contributed by atoms with Gasteiger partial charge in [-0.1, -0.05) is 18.2 Å². The van der Waals surface area contributed by atoms with Crippen molar-refractivity contribution in [2.45, 2.75) is 0 Å². The van der Waals surface area contributed by atoms with E-state index >= 15 is 0 Å². The minimum Gasteiger partial charge on any atom is -0.482 e. The van der Waals surface area contributed by atoms with Crippen LogP contribution < -0.4 is 10.1 Å². The Bertz CT molecular complexity index is 1330. The Labute approximate surface area is 184 Å². The number of para-hydroxylation sites is 1. The highest BCUT2D eigenvalue weighted by molar-refractivity contribution is 6.08. The van der Waals surface area contributed by atoms with E-state index in [0.29, 0.717) is 17.0 Å². The number of fused-ring (bicyclic) bond motifs is 1. The number of ketones is 1. The summed E-state index contributed by atoms with van der Waals surface area (Å²) in [5, 5.41) is 7.44. The van der Waals surface area contributed by atoms with Gasteiger partial charge >= 0.3 is 0 Å².